The van der Waals surface area contributed by atoms with Crippen LogP contribution >= 0.6 is 24.8 Å². The highest BCUT2D eigenvalue weighted by atomic mass is 35.5. The Balaban J connectivity index is 0.00000144. The Labute approximate surface area is 157 Å². The minimum Gasteiger partial charge on any atom is -0.327 e. The van der Waals surface area contributed by atoms with Crippen LogP contribution < -0.4 is 11.1 Å². The van der Waals surface area contributed by atoms with Crippen molar-refractivity contribution >= 4 is 36.4 Å². The van der Waals surface area contributed by atoms with Crippen LogP contribution in [-0.4, -0.2) is 30.9 Å². The van der Waals surface area contributed by atoms with Gasteiger partial charge in [0.2, 0.25) is 5.91 Å². The topological polar surface area (TPSA) is 58.4 Å². The fourth-order valence-corrected chi connectivity index (χ4v) is 4.21. The molecule has 3 rings (SSSR count). The van der Waals surface area contributed by atoms with Crippen molar-refractivity contribution in [3.05, 3.63) is 29.3 Å². The summed E-state index contributed by atoms with van der Waals surface area (Å²) < 4.78 is 0. The third kappa shape index (κ3) is 4.23. The molecule has 4 unspecified atom stereocenters. The Morgan fingerprint density at radius 1 is 1.25 bits per heavy atom. The van der Waals surface area contributed by atoms with E-state index in [9.17, 15) is 4.79 Å². The highest BCUT2D eigenvalue weighted by Gasteiger charge is 2.49. The number of hydrogen-bond acceptors (Lipinski definition) is 3. The molecule has 0 aliphatic heterocycles. The molecule has 2 aliphatic carbocycles. The number of hydrogen-bond donors (Lipinski definition) is 2. The third-order valence-corrected chi connectivity index (χ3v) is 5.34. The maximum atomic E-state index is 12.7. The molecule has 0 spiro atoms. The summed E-state index contributed by atoms with van der Waals surface area (Å²) in [6.45, 7) is 2.91. The molecule has 2 bridgehead atoms. The summed E-state index contributed by atoms with van der Waals surface area (Å²) in [7, 11) is 4.10. The van der Waals surface area contributed by atoms with E-state index in [1.54, 1.807) is 0 Å². The Hall–Kier alpha value is -0.810. The number of nitrogens with zero attached hydrogens (tertiary/aromatic N) is 1. The number of rotatable bonds is 4. The molecule has 1 aromatic carbocycles. The molecule has 3 N–H and O–H groups in total. The quantitative estimate of drug-likeness (QED) is 0.851. The normalized spacial score (nSPS) is 27.5. The fraction of sp³-hybridized carbons (Fsp3) is 0.611. The Morgan fingerprint density at radius 3 is 2.50 bits per heavy atom. The second-order valence-corrected chi connectivity index (χ2v) is 7.31. The van der Waals surface area contributed by atoms with Crippen LogP contribution in [0.5, 0.6) is 0 Å². The first-order chi connectivity index (χ1) is 10.5. The number of amides is 1. The summed E-state index contributed by atoms with van der Waals surface area (Å²) in [6, 6.07) is 6.33. The summed E-state index contributed by atoms with van der Waals surface area (Å²) in [6.07, 6.45) is 3.50. The average molecular weight is 374 g/mol. The molecule has 0 saturated heterocycles. The number of halogens is 2. The number of nitrogens with two attached hydrogens (primary N) is 1. The van der Waals surface area contributed by atoms with Gasteiger partial charge < -0.3 is 16.0 Å². The van der Waals surface area contributed by atoms with E-state index in [-0.39, 0.29) is 42.7 Å². The smallest absolute Gasteiger partial charge is 0.229 e. The first-order valence-electron chi connectivity index (χ1n) is 8.26. The molecular formula is C18H29Cl2N3O. The second kappa shape index (κ2) is 8.52. The van der Waals surface area contributed by atoms with Crippen molar-refractivity contribution in [2.75, 3.05) is 19.4 Å². The van der Waals surface area contributed by atoms with Gasteiger partial charge in [0.1, 0.15) is 0 Å². The summed E-state index contributed by atoms with van der Waals surface area (Å²) >= 11 is 0. The number of aryl methyl sites for hydroxylation is 1. The van der Waals surface area contributed by atoms with Gasteiger partial charge in [-0.1, -0.05) is 12.1 Å². The van der Waals surface area contributed by atoms with Gasteiger partial charge in [-0.15, -0.1) is 24.8 Å². The number of benzene rings is 1. The molecule has 136 valence electrons. The molecule has 2 aliphatic rings. The molecular weight excluding hydrogens is 345 g/mol. The van der Waals surface area contributed by atoms with E-state index in [0.29, 0.717) is 11.8 Å². The van der Waals surface area contributed by atoms with E-state index in [1.807, 2.05) is 21.0 Å². The van der Waals surface area contributed by atoms with E-state index in [0.717, 1.165) is 30.6 Å². The van der Waals surface area contributed by atoms with Gasteiger partial charge in [-0.2, -0.15) is 0 Å². The van der Waals surface area contributed by atoms with E-state index in [1.165, 1.54) is 12.0 Å². The lowest BCUT2D eigenvalue weighted by atomic mass is 9.84. The number of anilines is 1. The lowest BCUT2D eigenvalue weighted by Gasteiger charge is -2.27. The van der Waals surface area contributed by atoms with Crippen molar-refractivity contribution in [1.82, 2.24) is 4.90 Å². The summed E-state index contributed by atoms with van der Waals surface area (Å²) in [5.41, 5.74) is 9.53. The maximum absolute atomic E-state index is 12.7. The third-order valence-electron chi connectivity index (χ3n) is 5.34. The molecule has 2 fully saturated rings. The Kier molecular flexibility index (Phi) is 7.54. The predicted molar refractivity (Wildman–Crippen MR) is 104 cm³/mol. The van der Waals surface area contributed by atoms with Crippen molar-refractivity contribution in [2.45, 2.75) is 38.8 Å². The van der Waals surface area contributed by atoms with Crippen LogP contribution in [0.1, 0.15) is 30.4 Å². The summed E-state index contributed by atoms with van der Waals surface area (Å²) in [5, 5.41) is 3.14. The SMILES string of the molecule is Cc1ccc(CN(C)C)cc1NC(=O)C1C2CCC(C2)C1N.Cl.Cl. The lowest BCUT2D eigenvalue weighted by Crippen LogP contribution is -2.42. The number of nitrogens with one attached hydrogen (secondary N) is 1. The zero-order chi connectivity index (χ0) is 15.9. The van der Waals surface area contributed by atoms with E-state index in [2.05, 4.69) is 28.4 Å². The van der Waals surface area contributed by atoms with Gasteiger partial charge in [0.15, 0.2) is 0 Å². The van der Waals surface area contributed by atoms with E-state index in [4.69, 9.17) is 5.73 Å². The first kappa shape index (κ1) is 21.2. The highest BCUT2D eigenvalue weighted by molar-refractivity contribution is 5.94. The molecule has 6 heteroatoms. The average Bonchev–Trinajstić information content (AvgIpc) is 3.02. The predicted octanol–water partition coefficient (Wildman–Crippen LogP) is 3.21. The Bertz CT molecular complexity index is 577. The molecule has 2 saturated carbocycles. The van der Waals surface area contributed by atoms with Crippen LogP contribution in [0.2, 0.25) is 0 Å². The van der Waals surface area contributed by atoms with Crippen molar-refractivity contribution < 1.29 is 4.79 Å². The monoisotopic (exact) mass is 373 g/mol. The van der Waals surface area contributed by atoms with Gasteiger partial charge in [0.25, 0.3) is 0 Å². The number of carbonyl (C=O) groups is 1. The minimum absolute atomic E-state index is 0. The fourth-order valence-electron chi connectivity index (χ4n) is 4.21. The van der Waals surface area contributed by atoms with E-state index < -0.39 is 0 Å². The van der Waals surface area contributed by atoms with Crippen molar-refractivity contribution in [3.63, 3.8) is 0 Å². The minimum atomic E-state index is -0.00402. The standard InChI is InChI=1S/C18H27N3O.2ClH/c1-11-4-5-12(10-21(2)3)8-15(11)20-18(22)16-13-6-7-14(9-13)17(16)19;;/h4-5,8,13-14,16-17H,6-7,9-10,19H2,1-3H3,(H,20,22);2*1H. The summed E-state index contributed by atoms with van der Waals surface area (Å²) in [4.78, 5) is 14.8. The van der Waals surface area contributed by atoms with Gasteiger partial charge in [0.05, 0.1) is 5.92 Å². The largest absolute Gasteiger partial charge is 0.327 e. The summed E-state index contributed by atoms with van der Waals surface area (Å²) in [5.74, 6) is 1.16. The van der Waals surface area contributed by atoms with Crippen LogP contribution in [0.15, 0.2) is 18.2 Å². The van der Waals surface area contributed by atoms with Crippen molar-refractivity contribution in [1.29, 1.82) is 0 Å². The molecule has 1 aromatic rings. The highest BCUT2D eigenvalue weighted by Crippen LogP contribution is 2.48. The number of carbonyl (C=O) groups excluding carboxylic acids is 1. The molecule has 1 amide bonds. The van der Waals surface area contributed by atoms with Crippen LogP contribution in [0.4, 0.5) is 5.69 Å². The molecule has 0 aromatic heterocycles. The molecule has 0 heterocycles. The molecule has 24 heavy (non-hydrogen) atoms. The second-order valence-electron chi connectivity index (χ2n) is 7.31. The van der Waals surface area contributed by atoms with Gasteiger partial charge in [-0.05, 0) is 69.3 Å². The first-order valence-corrected chi connectivity index (χ1v) is 8.26. The van der Waals surface area contributed by atoms with Crippen LogP contribution in [0.25, 0.3) is 0 Å². The Morgan fingerprint density at radius 2 is 1.92 bits per heavy atom. The van der Waals surface area contributed by atoms with Crippen molar-refractivity contribution in [2.24, 2.45) is 23.5 Å². The maximum Gasteiger partial charge on any atom is 0.229 e. The van der Waals surface area contributed by atoms with Crippen LogP contribution in [0, 0.1) is 24.7 Å². The molecule has 4 atom stereocenters. The van der Waals surface area contributed by atoms with Crippen LogP contribution in [0.3, 0.4) is 0 Å². The number of fused-ring (bicyclic) bond motifs is 2. The molecule has 0 radical (unpaired) electrons. The van der Waals surface area contributed by atoms with Crippen LogP contribution in [-0.2, 0) is 11.3 Å². The van der Waals surface area contributed by atoms with Crippen molar-refractivity contribution in [3.8, 4) is 0 Å². The van der Waals surface area contributed by atoms with Gasteiger partial charge >= 0.3 is 0 Å². The molecule has 4 nitrogen and oxygen atoms in total. The van der Waals surface area contributed by atoms with Gasteiger partial charge in [-0.3, -0.25) is 4.79 Å². The lowest BCUT2D eigenvalue weighted by molar-refractivity contribution is -0.121. The zero-order valence-corrected chi connectivity index (χ0v) is 16.3. The van der Waals surface area contributed by atoms with Gasteiger partial charge in [0, 0.05) is 18.3 Å². The zero-order valence-electron chi connectivity index (χ0n) is 14.6. The van der Waals surface area contributed by atoms with E-state index >= 15 is 0 Å². The van der Waals surface area contributed by atoms with Gasteiger partial charge in [-0.25, -0.2) is 0 Å².